The number of hydrogen-bond acceptors (Lipinski definition) is 3. The molecule has 0 unspecified atom stereocenters. The number of aryl methyl sites for hydroxylation is 1. The smallest absolute Gasteiger partial charge is 0.126 e. The minimum Gasteiger partial charge on any atom is -0.370 e. The zero-order valence-corrected chi connectivity index (χ0v) is 14.2. The molecule has 0 amide bonds. The van der Waals surface area contributed by atoms with E-state index in [1.165, 1.54) is 11.1 Å². The van der Waals surface area contributed by atoms with Gasteiger partial charge in [-0.1, -0.05) is 30.3 Å². The van der Waals surface area contributed by atoms with E-state index in [-0.39, 0.29) is 0 Å². The number of aromatic nitrogens is 1. The van der Waals surface area contributed by atoms with Crippen molar-refractivity contribution in [2.45, 2.75) is 19.9 Å². The zero-order valence-electron chi connectivity index (χ0n) is 12.6. The van der Waals surface area contributed by atoms with Crippen molar-refractivity contribution in [2.24, 2.45) is 0 Å². The second kappa shape index (κ2) is 8.15. The van der Waals surface area contributed by atoms with Crippen molar-refractivity contribution in [1.29, 1.82) is 0 Å². The van der Waals surface area contributed by atoms with Crippen molar-refractivity contribution in [1.82, 2.24) is 9.88 Å². The van der Waals surface area contributed by atoms with Crippen LogP contribution < -0.4 is 5.32 Å². The molecule has 2 aromatic rings. The van der Waals surface area contributed by atoms with Gasteiger partial charge in [-0.2, -0.15) is 0 Å². The van der Waals surface area contributed by atoms with Gasteiger partial charge in [0.15, 0.2) is 0 Å². The van der Waals surface area contributed by atoms with E-state index >= 15 is 0 Å². The van der Waals surface area contributed by atoms with Gasteiger partial charge >= 0.3 is 0 Å². The van der Waals surface area contributed by atoms with Crippen LogP contribution in [-0.4, -0.2) is 30.0 Å². The summed E-state index contributed by atoms with van der Waals surface area (Å²) in [6, 6.07) is 12.6. The molecule has 0 aliphatic rings. The molecule has 0 aliphatic carbocycles. The summed E-state index contributed by atoms with van der Waals surface area (Å²) >= 11 is 3.46. The van der Waals surface area contributed by atoms with Gasteiger partial charge in [-0.25, -0.2) is 4.98 Å². The third-order valence-electron chi connectivity index (χ3n) is 3.36. The first kappa shape index (κ1) is 16.0. The largest absolute Gasteiger partial charge is 0.370 e. The maximum absolute atomic E-state index is 4.35. The summed E-state index contributed by atoms with van der Waals surface area (Å²) in [5.41, 5.74) is 2.56. The van der Waals surface area contributed by atoms with E-state index in [0.717, 1.165) is 36.3 Å². The molecule has 1 aromatic heterocycles. The van der Waals surface area contributed by atoms with Crippen LogP contribution in [-0.2, 0) is 6.54 Å². The lowest BCUT2D eigenvalue weighted by atomic mass is 10.2. The van der Waals surface area contributed by atoms with Gasteiger partial charge in [0, 0.05) is 23.8 Å². The lowest BCUT2D eigenvalue weighted by Crippen LogP contribution is -2.21. The van der Waals surface area contributed by atoms with Crippen LogP contribution in [0, 0.1) is 6.92 Å². The van der Waals surface area contributed by atoms with Crippen LogP contribution >= 0.6 is 15.9 Å². The highest BCUT2D eigenvalue weighted by Gasteiger charge is 2.01. The molecule has 0 bridgehead atoms. The number of hydrogen-bond donors (Lipinski definition) is 1. The highest BCUT2D eigenvalue weighted by Crippen LogP contribution is 2.17. The molecule has 0 spiro atoms. The summed E-state index contributed by atoms with van der Waals surface area (Å²) in [4.78, 5) is 6.70. The summed E-state index contributed by atoms with van der Waals surface area (Å²) in [5, 5.41) is 3.37. The number of rotatable bonds is 7. The number of pyridine rings is 1. The van der Waals surface area contributed by atoms with Crippen LogP contribution in [0.15, 0.2) is 47.1 Å². The van der Waals surface area contributed by atoms with E-state index in [1.807, 2.05) is 6.20 Å². The molecule has 4 heteroatoms. The first-order valence-corrected chi connectivity index (χ1v) is 8.03. The molecule has 112 valence electrons. The fourth-order valence-corrected chi connectivity index (χ4v) is 2.39. The van der Waals surface area contributed by atoms with Crippen molar-refractivity contribution >= 4 is 21.7 Å². The van der Waals surface area contributed by atoms with Crippen LogP contribution in [0.5, 0.6) is 0 Å². The van der Waals surface area contributed by atoms with Crippen molar-refractivity contribution in [3.63, 3.8) is 0 Å². The van der Waals surface area contributed by atoms with Crippen LogP contribution in [0.2, 0.25) is 0 Å². The van der Waals surface area contributed by atoms with Gasteiger partial charge in [0.05, 0.1) is 0 Å². The number of nitrogens with one attached hydrogen (secondary N) is 1. The number of halogens is 1. The van der Waals surface area contributed by atoms with Gasteiger partial charge in [0.25, 0.3) is 0 Å². The third-order valence-corrected chi connectivity index (χ3v) is 4.20. The van der Waals surface area contributed by atoms with Gasteiger partial charge in [0.1, 0.15) is 5.82 Å². The predicted octanol–water partition coefficient (Wildman–Crippen LogP) is 4.09. The molecular formula is C17H22BrN3. The average Bonchev–Trinajstić information content (AvgIpc) is 2.48. The molecule has 0 saturated carbocycles. The Morgan fingerprint density at radius 3 is 2.71 bits per heavy atom. The van der Waals surface area contributed by atoms with Crippen LogP contribution in [0.4, 0.5) is 5.82 Å². The van der Waals surface area contributed by atoms with E-state index in [4.69, 9.17) is 0 Å². The number of anilines is 1. The third kappa shape index (κ3) is 5.48. The molecule has 1 aromatic carbocycles. The van der Waals surface area contributed by atoms with Gasteiger partial charge in [-0.15, -0.1) is 0 Å². The number of benzene rings is 1. The van der Waals surface area contributed by atoms with E-state index in [9.17, 15) is 0 Å². The van der Waals surface area contributed by atoms with Crippen LogP contribution in [0.1, 0.15) is 17.5 Å². The van der Waals surface area contributed by atoms with E-state index < -0.39 is 0 Å². The Morgan fingerprint density at radius 1 is 1.24 bits per heavy atom. The molecule has 21 heavy (non-hydrogen) atoms. The predicted molar refractivity (Wildman–Crippen MR) is 92.6 cm³/mol. The summed E-state index contributed by atoms with van der Waals surface area (Å²) in [6.45, 7) is 5.08. The van der Waals surface area contributed by atoms with Gasteiger partial charge in [0.2, 0.25) is 0 Å². The highest BCUT2D eigenvalue weighted by atomic mass is 79.9. The van der Waals surface area contributed by atoms with Crippen LogP contribution in [0.25, 0.3) is 0 Å². The van der Waals surface area contributed by atoms with Crippen molar-refractivity contribution in [3.05, 3.63) is 58.2 Å². The highest BCUT2D eigenvalue weighted by molar-refractivity contribution is 9.10. The Hall–Kier alpha value is -1.39. The molecule has 0 saturated heterocycles. The lowest BCUT2D eigenvalue weighted by molar-refractivity contribution is 0.325. The first-order valence-electron chi connectivity index (χ1n) is 7.23. The van der Waals surface area contributed by atoms with Gasteiger partial charge in [-0.3, -0.25) is 0 Å². The Balaban J connectivity index is 1.68. The monoisotopic (exact) mass is 347 g/mol. The quantitative estimate of drug-likeness (QED) is 0.764. The first-order chi connectivity index (χ1) is 10.1. The molecular weight excluding hydrogens is 326 g/mol. The molecule has 0 fully saturated rings. The second-order valence-corrected chi connectivity index (χ2v) is 6.18. The standard InChI is InChI=1S/C17H22BrN3/c1-14-11-17(20-12-16(14)18)19-9-6-10-21(2)13-15-7-4-3-5-8-15/h3-5,7-8,11-12H,6,9-10,13H2,1-2H3,(H,19,20). The molecule has 0 aliphatic heterocycles. The molecule has 0 atom stereocenters. The summed E-state index contributed by atoms with van der Waals surface area (Å²) in [5.74, 6) is 0.946. The fourth-order valence-electron chi connectivity index (χ4n) is 2.18. The molecule has 2 rings (SSSR count). The lowest BCUT2D eigenvalue weighted by Gasteiger charge is -2.17. The molecule has 3 nitrogen and oxygen atoms in total. The molecule has 1 N–H and O–H groups in total. The van der Waals surface area contributed by atoms with Gasteiger partial charge < -0.3 is 10.2 Å². The van der Waals surface area contributed by atoms with E-state index in [0.29, 0.717) is 0 Å². The minimum absolute atomic E-state index is 0.938. The fraction of sp³-hybridized carbons (Fsp3) is 0.353. The maximum Gasteiger partial charge on any atom is 0.126 e. The minimum atomic E-state index is 0.938. The summed E-state index contributed by atoms with van der Waals surface area (Å²) in [6.07, 6.45) is 2.94. The Kier molecular flexibility index (Phi) is 6.21. The van der Waals surface area contributed by atoms with Crippen molar-refractivity contribution < 1.29 is 0 Å². The Bertz CT molecular complexity index is 557. The normalized spacial score (nSPS) is 10.9. The van der Waals surface area contributed by atoms with Crippen molar-refractivity contribution in [3.8, 4) is 0 Å². The Morgan fingerprint density at radius 2 is 2.00 bits per heavy atom. The van der Waals surface area contributed by atoms with E-state index in [2.05, 4.69) is 81.5 Å². The molecule has 1 heterocycles. The number of nitrogens with zero attached hydrogens (tertiary/aromatic N) is 2. The molecule has 0 radical (unpaired) electrons. The zero-order chi connectivity index (χ0) is 15.1. The average molecular weight is 348 g/mol. The van der Waals surface area contributed by atoms with Crippen LogP contribution in [0.3, 0.4) is 0 Å². The SMILES string of the molecule is Cc1cc(NCCCN(C)Cc2ccccc2)ncc1Br. The second-order valence-electron chi connectivity index (χ2n) is 5.32. The topological polar surface area (TPSA) is 28.2 Å². The summed E-state index contributed by atoms with van der Waals surface area (Å²) in [7, 11) is 2.16. The van der Waals surface area contributed by atoms with E-state index in [1.54, 1.807) is 0 Å². The van der Waals surface area contributed by atoms with Gasteiger partial charge in [-0.05, 0) is 60.1 Å². The Labute approximate surface area is 135 Å². The maximum atomic E-state index is 4.35. The van der Waals surface area contributed by atoms with Crippen molar-refractivity contribution in [2.75, 3.05) is 25.5 Å². The summed E-state index contributed by atoms with van der Waals surface area (Å²) < 4.78 is 1.05.